The maximum absolute atomic E-state index is 4.78. The van der Waals surface area contributed by atoms with Gasteiger partial charge in [-0.2, -0.15) is 0 Å². The molecule has 0 heterocycles. The van der Waals surface area contributed by atoms with E-state index in [0.29, 0.717) is 6.61 Å². The van der Waals surface area contributed by atoms with E-state index in [2.05, 4.69) is 22.5 Å². The second-order valence-electron chi connectivity index (χ2n) is 1.94. The summed E-state index contributed by atoms with van der Waals surface area (Å²) in [5.74, 6) is 0. The third kappa shape index (κ3) is 2.94. The van der Waals surface area contributed by atoms with Gasteiger partial charge >= 0.3 is 0 Å². The molecule has 0 N–H and O–H groups in total. The maximum Gasteiger partial charge on any atom is 0.143 e. The Kier molecular flexibility index (Phi) is 3.32. The minimum atomic E-state index is 0.449. The largest absolute Gasteiger partial charge is 0.383 e. The highest BCUT2D eigenvalue weighted by Crippen LogP contribution is 1.99. The van der Waals surface area contributed by atoms with Crippen LogP contribution in [0.2, 0.25) is 0 Å². The Morgan fingerprint density at radius 1 is 1.36 bits per heavy atom. The van der Waals surface area contributed by atoms with E-state index >= 15 is 0 Å². The molecule has 0 spiro atoms. The summed E-state index contributed by atoms with van der Waals surface area (Å²) in [5, 5.41) is 5.46. The number of hydrogen-bond acceptors (Lipinski definition) is 3. The van der Waals surface area contributed by atoms with Crippen LogP contribution in [-0.4, -0.2) is 5.16 Å². The predicted octanol–water partition coefficient (Wildman–Crippen LogP) is 2.22. The molecule has 0 aliphatic heterocycles. The summed E-state index contributed by atoms with van der Waals surface area (Å²) in [6, 6.07) is 9.75. The molecule has 11 heavy (non-hydrogen) atoms. The van der Waals surface area contributed by atoms with Gasteiger partial charge in [0.2, 0.25) is 0 Å². The van der Waals surface area contributed by atoms with Crippen LogP contribution in [0.15, 0.2) is 35.5 Å². The van der Waals surface area contributed by atoms with Gasteiger partial charge in [-0.25, -0.2) is 0 Å². The topological polar surface area (TPSA) is 21.6 Å². The van der Waals surface area contributed by atoms with Crippen LogP contribution in [0.4, 0.5) is 0 Å². The van der Waals surface area contributed by atoms with Crippen molar-refractivity contribution in [3.8, 4) is 0 Å². The van der Waals surface area contributed by atoms with Crippen LogP contribution in [-0.2, 0) is 11.4 Å². The standard InChI is InChI=1S/C8H7NOS/c11-7-9-10-6-8-4-2-1-3-5-8/h1-5H,6H2. The Morgan fingerprint density at radius 2 is 2.09 bits per heavy atom. The lowest BCUT2D eigenvalue weighted by Crippen LogP contribution is -1.84. The number of hydrogen-bond donors (Lipinski definition) is 0. The maximum atomic E-state index is 4.78. The molecule has 1 rings (SSSR count). The first kappa shape index (κ1) is 7.92. The van der Waals surface area contributed by atoms with Crippen LogP contribution in [0.1, 0.15) is 5.56 Å². The van der Waals surface area contributed by atoms with Crippen molar-refractivity contribution in [2.45, 2.75) is 6.61 Å². The number of benzene rings is 1. The van der Waals surface area contributed by atoms with Crippen LogP contribution >= 0.6 is 12.2 Å². The number of isothiocyanates is 1. The quantitative estimate of drug-likeness (QED) is 0.389. The van der Waals surface area contributed by atoms with Crippen molar-refractivity contribution in [1.29, 1.82) is 0 Å². The molecule has 0 bridgehead atoms. The SMILES string of the molecule is S=C=NOCc1ccccc1. The summed E-state index contributed by atoms with van der Waals surface area (Å²) >= 11 is 4.33. The first-order valence-corrected chi connectivity index (χ1v) is 3.57. The van der Waals surface area contributed by atoms with E-state index in [4.69, 9.17) is 4.84 Å². The Labute approximate surface area is 70.5 Å². The van der Waals surface area contributed by atoms with Crippen molar-refractivity contribution in [3.05, 3.63) is 35.9 Å². The Hall–Kier alpha value is -1.18. The Morgan fingerprint density at radius 3 is 2.73 bits per heavy atom. The van der Waals surface area contributed by atoms with Crippen LogP contribution in [0, 0.1) is 0 Å². The van der Waals surface area contributed by atoms with Gasteiger partial charge in [-0.15, -0.1) is 0 Å². The van der Waals surface area contributed by atoms with E-state index in [1.807, 2.05) is 30.3 Å². The summed E-state index contributed by atoms with van der Waals surface area (Å²) in [4.78, 5) is 4.78. The van der Waals surface area contributed by atoms with Crippen LogP contribution < -0.4 is 0 Å². The molecule has 0 aliphatic rings. The fourth-order valence-corrected chi connectivity index (χ4v) is 0.760. The molecule has 0 aromatic heterocycles. The molecule has 0 amide bonds. The van der Waals surface area contributed by atoms with E-state index in [9.17, 15) is 0 Å². The zero-order valence-electron chi connectivity index (χ0n) is 5.86. The molecule has 0 radical (unpaired) electrons. The van der Waals surface area contributed by atoms with Crippen molar-refractivity contribution >= 4 is 17.4 Å². The third-order valence-electron chi connectivity index (χ3n) is 1.18. The number of thiocarbonyl (C=S) groups is 1. The fraction of sp³-hybridized carbons (Fsp3) is 0.125. The summed E-state index contributed by atoms with van der Waals surface area (Å²) in [6.07, 6.45) is 0. The zero-order chi connectivity index (χ0) is 7.94. The molecule has 56 valence electrons. The van der Waals surface area contributed by atoms with Gasteiger partial charge in [-0.3, -0.25) is 0 Å². The average molecular weight is 165 g/mol. The van der Waals surface area contributed by atoms with Crippen LogP contribution in [0.5, 0.6) is 0 Å². The van der Waals surface area contributed by atoms with Crippen LogP contribution in [0.3, 0.4) is 0 Å². The summed E-state index contributed by atoms with van der Waals surface area (Å²) in [5.41, 5.74) is 1.07. The van der Waals surface area contributed by atoms with Gasteiger partial charge in [0.05, 0.1) is 0 Å². The second kappa shape index (κ2) is 4.61. The van der Waals surface area contributed by atoms with Gasteiger partial charge in [0.15, 0.2) is 0 Å². The van der Waals surface area contributed by atoms with Crippen molar-refractivity contribution < 1.29 is 4.84 Å². The van der Waals surface area contributed by atoms with Gasteiger partial charge in [0.1, 0.15) is 11.8 Å². The molecule has 0 saturated heterocycles. The monoisotopic (exact) mass is 165 g/mol. The molecule has 0 saturated carbocycles. The first-order chi connectivity index (χ1) is 5.43. The molecule has 1 aromatic carbocycles. The lowest BCUT2D eigenvalue weighted by Gasteiger charge is -1.95. The molecule has 3 heteroatoms. The smallest absolute Gasteiger partial charge is 0.143 e. The lowest BCUT2D eigenvalue weighted by atomic mass is 10.2. The predicted molar refractivity (Wildman–Crippen MR) is 46.3 cm³/mol. The molecule has 0 aliphatic carbocycles. The lowest BCUT2D eigenvalue weighted by molar-refractivity contribution is 0.133. The van der Waals surface area contributed by atoms with Crippen molar-refractivity contribution in [3.63, 3.8) is 0 Å². The van der Waals surface area contributed by atoms with Gasteiger partial charge < -0.3 is 4.84 Å². The van der Waals surface area contributed by atoms with Crippen LogP contribution in [0.25, 0.3) is 0 Å². The van der Waals surface area contributed by atoms with Crippen molar-refractivity contribution in [2.24, 2.45) is 5.16 Å². The Balaban J connectivity index is 2.45. The minimum Gasteiger partial charge on any atom is -0.383 e. The molecule has 0 fully saturated rings. The van der Waals surface area contributed by atoms with Crippen molar-refractivity contribution in [1.82, 2.24) is 0 Å². The van der Waals surface area contributed by atoms with E-state index < -0.39 is 0 Å². The van der Waals surface area contributed by atoms with E-state index in [1.165, 1.54) is 0 Å². The van der Waals surface area contributed by atoms with E-state index in [1.54, 1.807) is 0 Å². The highest BCUT2D eigenvalue weighted by molar-refractivity contribution is 7.78. The molecular weight excluding hydrogens is 158 g/mol. The number of rotatable bonds is 3. The summed E-state index contributed by atoms with van der Waals surface area (Å²) in [7, 11) is 0. The second-order valence-corrected chi connectivity index (χ2v) is 2.12. The van der Waals surface area contributed by atoms with Gasteiger partial charge in [-0.1, -0.05) is 30.3 Å². The van der Waals surface area contributed by atoms with Gasteiger partial charge in [-0.05, 0) is 22.9 Å². The Bertz CT molecular complexity index is 254. The third-order valence-corrected chi connectivity index (χ3v) is 1.25. The minimum absolute atomic E-state index is 0.449. The van der Waals surface area contributed by atoms with Crippen molar-refractivity contribution in [2.75, 3.05) is 0 Å². The normalized spacial score (nSPS) is 8.36. The van der Waals surface area contributed by atoms with Gasteiger partial charge in [0.25, 0.3) is 0 Å². The molecule has 2 nitrogen and oxygen atoms in total. The highest BCUT2D eigenvalue weighted by Gasteiger charge is 1.87. The first-order valence-electron chi connectivity index (χ1n) is 3.16. The summed E-state index contributed by atoms with van der Waals surface area (Å²) < 4.78 is 0. The molecule has 1 aromatic rings. The fourth-order valence-electron chi connectivity index (χ4n) is 0.707. The highest BCUT2D eigenvalue weighted by atomic mass is 32.1. The van der Waals surface area contributed by atoms with Gasteiger partial charge in [0, 0.05) is 0 Å². The molecular formula is C8H7NOS. The number of nitrogens with zero attached hydrogens (tertiary/aromatic N) is 1. The zero-order valence-corrected chi connectivity index (χ0v) is 6.67. The summed E-state index contributed by atoms with van der Waals surface area (Å²) in [6.45, 7) is 0.449. The van der Waals surface area contributed by atoms with E-state index in [0.717, 1.165) is 5.56 Å². The molecule has 0 atom stereocenters. The average Bonchev–Trinajstić information content (AvgIpc) is 2.07. The molecule has 0 unspecified atom stereocenters. The van der Waals surface area contributed by atoms with E-state index in [-0.39, 0.29) is 0 Å².